The monoisotopic (exact) mass is 357 g/mol. The molecule has 0 aliphatic heterocycles. The van der Waals surface area contributed by atoms with Gasteiger partial charge in [-0.2, -0.15) is 0 Å². The summed E-state index contributed by atoms with van der Waals surface area (Å²) in [5, 5.41) is 0. The molecule has 0 N–H and O–H groups in total. The highest BCUT2D eigenvalue weighted by Crippen LogP contribution is 2.23. The molecule has 0 radical (unpaired) electrons. The Hall–Kier alpha value is -3.20. The summed E-state index contributed by atoms with van der Waals surface area (Å²) in [6.07, 6.45) is 0.462. The number of aliphatic imine (C=N–C) groups is 1. The lowest BCUT2D eigenvalue weighted by Gasteiger charge is -2.24. The summed E-state index contributed by atoms with van der Waals surface area (Å²) in [6, 6.07) is 29.7. The molecule has 1 unspecified atom stereocenters. The number of carbonyl (C=O) groups excluding carboxylic acids is 1. The summed E-state index contributed by atoms with van der Waals surface area (Å²) >= 11 is 0. The van der Waals surface area contributed by atoms with Crippen molar-refractivity contribution in [2.45, 2.75) is 18.9 Å². The number of nitrogens with zero attached hydrogens (tertiary/aromatic N) is 1. The van der Waals surface area contributed by atoms with Crippen LogP contribution in [0.1, 0.15) is 23.6 Å². The van der Waals surface area contributed by atoms with E-state index < -0.39 is 5.54 Å². The highest BCUT2D eigenvalue weighted by Gasteiger charge is 2.35. The number of rotatable bonds is 6. The number of hydrogen-bond donors (Lipinski definition) is 0. The molecule has 136 valence electrons. The van der Waals surface area contributed by atoms with E-state index in [1.807, 2.05) is 97.9 Å². The molecule has 3 heteroatoms. The van der Waals surface area contributed by atoms with E-state index in [4.69, 9.17) is 9.73 Å². The van der Waals surface area contributed by atoms with Crippen molar-refractivity contribution < 1.29 is 9.53 Å². The third-order valence-electron chi connectivity index (χ3n) is 4.47. The standard InChI is InChI=1S/C24H23NO2/c1-24(23(26)27-2,18-19-12-6-3-7-13-19)25-22(20-14-8-4-9-15-20)21-16-10-5-11-17-21/h3-17H,18H2,1-2H3. The van der Waals surface area contributed by atoms with E-state index in [1.165, 1.54) is 7.11 Å². The Balaban J connectivity index is 2.12. The molecular weight excluding hydrogens is 334 g/mol. The van der Waals surface area contributed by atoms with Crippen molar-refractivity contribution in [1.29, 1.82) is 0 Å². The highest BCUT2D eigenvalue weighted by atomic mass is 16.5. The van der Waals surface area contributed by atoms with Crippen molar-refractivity contribution in [2.75, 3.05) is 7.11 Å². The lowest BCUT2D eigenvalue weighted by molar-refractivity contribution is -0.146. The molecule has 0 fully saturated rings. The number of ether oxygens (including phenoxy) is 1. The summed E-state index contributed by atoms with van der Waals surface area (Å²) in [5.41, 5.74) is 2.71. The maximum absolute atomic E-state index is 12.7. The van der Waals surface area contributed by atoms with Gasteiger partial charge in [0.1, 0.15) is 0 Å². The van der Waals surface area contributed by atoms with Gasteiger partial charge in [-0.25, -0.2) is 4.79 Å². The molecule has 3 aromatic carbocycles. The van der Waals surface area contributed by atoms with Crippen molar-refractivity contribution in [3.8, 4) is 0 Å². The van der Waals surface area contributed by atoms with Gasteiger partial charge in [0.25, 0.3) is 0 Å². The molecule has 0 spiro atoms. The first-order valence-corrected chi connectivity index (χ1v) is 8.95. The van der Waals surface area contributed by atoms with Crippen molar-refractivity contribution >= 4 is 11.7 Å². The molecule has 0 bridgehead atoms. The van der Waals surface area contributed by atoms with Crippen LogP contribution in [0, 0.1) is 0 Å². The molecule has 0 aliphatic rings. The maximum Gasteiger partial charge on any atom is 0.333 e. The van der Waals surface area contributed by atoms with Gasteiger partial charge in [-0.15, -0.1) is 0 Å². The van der Waals surface area contributed by atoms with Gasteiger partial charge in [0.05, 0.1) is 12.8 Å². The summed E-state index contributed by atoms with van der Waals surface area (Å²) in [7, 11) is 1.41. The Morgan fingerprint density at radius 1 is 0.815 bits per heavy atom. The van der Waals surface area contributed by atoms with Crippen LogP contribution in [0.4, 0.5) is 0 Å². The van der Waals surface area contributed by atoms with Crippen LogP contribution in [0.2, 0.25) is 0 Å². The molecule has 3 rings (SSSR count). The van der Waals surface area contributed by atoms with Gasteiger partial charge < -0.3 is 4.74 Å². The van der Waals surface area contributed by atoms with E-state index in [0.717, 1.165) is 22.4 Å². The average Bonchev–Trinajstić information content (AvgIpc) is 2.73. The Bertz CT molecular complexity index is 863. The summed E-state index contributed by atoms with van der Waals surface area (Å²) in [6.45, 7) is 1.83. The number of esters is 1. The van der Waals surface area contributed by atoms with E-state index in [-0.39, 0.29) is 5.97 Å². The fourth-order valence-electron chi connectivity index (χ4n) is 3.11. The summed E-state index contributed by atoms with van der Waals surface area (Å²) in [5.74, 6) is -0.351. The van der Waals surface area contributed by atoms with Gasteiger partial charge >= 0.3 is 5.97 Å². The Labute approximate surface area is 160 Å². The van der Waals surface area contributed by atoms with E-state index >= 15 is 0 Å². The van der Waals surface area contributed by atoms with E-state index in [1.54, 1.807) is 0 Å². The second-order valence-corrected chi connectivity index (χ2v) is 6.62. The predicted molar refractivity (Wildman–Crippen MR) is 109 cm³/mol. The Morgan fingerprint density at radius 3 is 1.70 bits per heavy atom. The largest absolute Gasteiger partial charge is 0.467 e. The fourth-order valence-corrected chi connectivity index (χ4v) is 3.11. The normalized spacial score (nSPS) is 12.7. The first-order valence-electron chi connectivity index (χ1n) is 8.95. The zero-order valence-electron chi connectivity index (χ0n) is 15.6. The van der Waals surface area contributed by atoms with Crippen LogP contribution in [-0.2, 0) is 16.0 Å². The fraction of sp³-hybridized carbons (Fsp3) is 0.167. The van der Waals surface area contributed by atoms with Crippen LogP contribution in [0.25, 0.3) is 0 Å². The first kappa shape index (κ1) is 18.6. The van der Waals surface area contributed by atoms with Gasteiger partial charge in [-0.05, 0) is 12.5 Å². The number of benzene rings is 3. The molecule has 0 aromatic heterocycles. The van der Waals surface area contributed by atoms with E-state index in [0.29, 0.717) is 6.42 Å². The smallest absolute Gasteiger partial charge is 0.333 e. The van der Waals surface area contributed by atoms with Gasteiger partial charge in [0.15, 0.2) is 5.54 Å². The first-order chi connectivity index (χ1) is 13.1. The van der Waals surface area contributed by atoms with Crippen molar-refractivity contribution in [1.82, 2.24) is 0 Å². The molecule has 0 saturated heterocycles. The van der Waals surface area contributed by atoms with Crippen molar-refractivity contribution in [3.63, 3.8) is 0 Å². The molecule has 0 aliphatic carbocycles. The summed E-state index contributed by atoms with van der Waals surface area (Å²) in [4.78, 5) is 17.7. The van der Waals surface area contributed by atoms with Crippen LogP contribution in [0.5, 0.6) is 0 Å². The van der Waals surface area contributed by atoms with Gasteiger partial charge in [0.2, 0.25) is 0 Å². The molecule has 3 nitrogen and oxygen atoms in total. The van der Waals surface area contributed by atoms with E-state index in [2.05, 4.69) is 0 Å². The third kappa shape index (κ3) is 4.50. The predicted octanol–water partition coefficient (Wildman–Crippen LogP) is 4.70. The number of hydrogen-bond acceptors (Lipinski definition) is 3. The van der Waals surface area contributed by atoms with Gasteiger partial charge in [0, 0.05) is 17.5 Å². The quantitative estimate of drug-likeness (QED) is 0.474. The molecule has 0 heterocycles. The molecule has 3 aromatic rings. The van der Waals surface area contributed by atoms with Crippen LogP contribution >= 0.6 is 0 Å². The van der Waals surface area contributed by atoms with Gasteiger partial charge in [-0.1, -0.05) is 91.0 Å². The third-order valence-corrected chi connectivity index (χ3v) is 4.47. The van der Waals surface area contributed by atoms with Crippen molar-refractivity contribution in [3.05, 3.63) is 108 Å². The Kier molecular flexibility index (Phi) is 5.82. The molecule has 0 saturated carbocycles. The Morgan fingerprint density at radius 2 is 1.26 bits per heavy atom. The average molecular weight is 357 g/mol. The maximum atomic E-state index is 12.7. The minimum absolute atomic E-state index is 0.351. The minimum Gasteiger partial charge on any atom is -0.467 e. The zero-order valence-corrected chi connectivity index (χ0v) is 15.6. The zero-order chi connectivity index (χ0) is 19.1. The molecule has 1 atom stereocenters. The highest BCUT2D eigenvalue weighted by molar-refractivity contribution is 6.13. The second kappa shape index (κ2) is 8.45. The number of carbonyl (C=O) groups is 1. The minimum atomic E-state index is -1.03. The molecule has 27 heavy (non-hydrogen) atoms. The van der Waals surface area contributed by atoms with Crippen LogP contribution < -0.4 is 0 Å². The number of methoxy groups -OCH3 is 1. The lowest BCUT2D eigenvalue weighted by Crippen LogP contribution is -2.38. The lowest BCUT2D eigenvalue weighted by atomic mass is 9.92. The van der Waals surface area contributed by atoms with Crippen molar-refractivity contribution in [2.24, 2.45) is 4.99 Å². The summed E-state index contributed by atoms with van der Waals surface area (Å²) < 4.78 is 5.11. The molecular formula is C24H23NO2. The topological polar surface area (TPSA) is 38.7 Å². The van der Waals surface area contributed by atoms with Gasteiger partial charge in [-0.3, -0.25) is 4.99 Å². The van der Waals surface area contributed by atoms with Crippen LogP contribution in [0.3, 0.4) is 0 Å². The molecule has 0 amide bonds. The second-order valence-electron chi connectivity index (χ2n) is 6.62. The van der Waals surface area contributed by atoms with Crippen LogP contribution in [-0.4, -0.2) is 24.3 Å². The SMILES string of the molecule is COC(=O)C(C)(Cc1ccccc1)N=C(c1ccccc1)c1ccccc1. The van der Waals surface area contributed by atoms with Crippen LogP contribution in [0.15, 0.2) is 96.0 Å². The van der Waals surface area contributed by atoms with E-state index in [9.17, 15) is 4.79 Å².